The van der Waals surface area contributed by atoms with Crippen LogP contribution in [0.15, 0.2) is 24.3 Å². The molecular weight excluding hydrogens is 242 g/mol. The van der Waals surface area contributed by atoms with Gasteiger partial charge in [-0.05, 0) is 38.4 Å². The fraction of sp³-hybridized carbons (Fsp3) is 0.500. The van der Waals surface area contributed by atoms with Crippen molar-refractivity contribution < 1.29 is 9.90 Å². The molecule has 5 heteroatoms. The van der Waals surface area contributed by atoms with Crippen LogP contribution < -0.4 is 11.1 Å². The molecular formula is C14H21N3O2. The summed E-state index contributed by atoms with van der Waals surface area (Å²) in [6, 6.07) is 7.04. The van der Waals surface area contributed by atoms with Crippen LogP contribution in [-0.2, 0) is 4.79 Å². The van der Waals surface area contributed by atoms with Crippen LogP contribution in [0.3, 0.4) is 0 Å². The minimum atomic E-state index is -0.265. The number of hydrogen-bond donors (Lipinski definition) is 3. The van der Waals surface area contributed by atoms with Crippen molar-refractivity contribution in [3.05, 3.63) is 24.3 Å². The van der Waals surface area contributed by atoms with Gasteiger partial charge in [0.1, 0.15) is 0 Å². The van der Waals surface area contributed by atoms with Gasteiger partial charge in [0.25, 0.3) is 0 Å². The number of anilines is 2. The first-order chi connectivity index (χ1) is 9.13. The Balaban J connectivity index is 2.02. The number of aliphatic hydroxyl groups is 1. The number of hydrogen-bond acceptors (Lipinski definition) is 4. The molecule has 0 aromatic heterocycles. The van der Waals surface area contributed by atoms with Gasteiger partial charge in [0.05, 0.1) is 24.0 Å². The normalized spacial score (nSPS) is 21.3. The third-order valence-corrected chi connectivity index (χ3v) is 3.73. The Labute approximate surface area is 113 Å². The predicted octanol–water partition coefficient (Wildman–Crippen LogP) is 1.05. The Bertz CT molecular complexity index is 450. The van der Waals surface area contributed by atoms with Crippen molar-refractivity contribution in [2.75, 3.05) is 24.2 Å². The lowest BCUT2D eigenvalue weighted by Crippen LogP contribution is -2.45. The fourth-order valence-corrected chi connectivity index (χ4v) is 2.56. The maximum absolute atomic E-state index is 12.2. The number of likely N-dealkylation sites (tertiary alicyclic amines) is 1. The number of rotatable bonds is 4. The van der Waals surface area contributed by atoms with Gasteiger partial charge < -0.3 is 16.2 Å². The lowest BCUT2D eigenvalue weighted by atomic mass is 10.2. The number of carbonyl (C=O) groups excluding carboxylic acids is 1. The van der Waals surface area contributed by atoms with E-state index in [2.05, 4.69) is 10.2 Å². The lowest BCUT2D eigenvalue weighted by Gasteiger charge is -2.28. The second kappa shape index (κ2) is 6.04. The molecule has 1 fully saturated rings. The van der Waals surface area contributed by atoms with Gasteiger partial charge >= 0.3 is 0 Å². The molecule has 2 atom stereocenters. The van der Waals surface area contributed by atoms with Gasteiger partial charge in [-0.2, -0.15) is 0 Å². The molecule has 0 spiro atoms. The quantitative estimate of drug-likeness (QED) is 0.710. The highest BCUT2D eigenvalue weighted by Gasteiger charge is 2.31. The SMILES string of the molecule is CC(C(=O)Nc1ccccc1N)N1CCCC1CO. The third kappa shape index (κ3) is 3.05. The molecule has 4 N–H and O–H groups in total. The third-order valence-electron chi connectivity index (χ3n) is 3.73. The van der Waals surface area contributed by atoms with Crippen molar-refractivity contribution in [2.45, 2.75) is 31.8 Å². The Morgan fingerprint density at radius 3 is 3.00 bits per heavy atom. The number of aliphatic hydroxyl groups excluding tert-OH is 1. The van der Waals surface area contributed by atoms with Gasteiger partial charge in [0.15, 0.2) is 0 Å². The monoisotopic (exact) mass is 263 g/mol. The summed E-state index contributed by atoms with van der Waals surface area (Å²) in [6.45, 7) is 2.82. The van der Waals surface area contributed by atoms with Crippen LogP contribution in [0.25, 0.3) is 0 Å². The molecule has 0 saturated carbocycles. The van der Waals surface area contributed by atoms with Crippen molar-refractivity contribution >= 4 is 17.3 Å². The summed E-state index contributed by atoms with van der Waals surface area (Å²) in [5, 5.41) is 12.2. The summed E-state index contributed by atoms with van der Waals surface area (Å²) in [7, 11) is 0. The minimum absolute atomic E-state index is 0.0850. The van der Waals surface area contributed by atoms with Crippen molar-refractivity contribution in [3.8, 4) is 0 Å². The van der Waals surface area contributed by atoms with E-state index >= 15 is 0 Å². The number of nitrogens with two attached hydrogens (primary N) is 1. The first-order valence-corrected chi connectivity index (χ1v) is 6.65. The molecule has 1 aromatic rings. The standard InChI is InChI=1S/C14H21N3O2/c1-10(17-8-4-5-11(17)9-18)14(19)16-13-7-3-2-6-12(13)15/h2-3,6-7,10-11,18H,4-5,8-9,15H2,1H3,(H,16,19). The maximum Gasteiger partial charge on any atom is 0.241 e. The first-order valence-electron chi connectivity index (χ1n) is 6.65. The summed E-state index contributed by atoms with van der Waals surface area (Å²) < 4.78 is 0. The zero-order valence-electron chi connectivity index (χ0n) is 11.2. The summed E-state index contributed by atoms with van der Waals surface area (Å²) in [6.07, 6.45) is 1.97. The van der Waals surface area contributed by atoms with E-state index in [-0.39, 0.29) is 24.6 Å². The molecule has 0 aliphatic carbocycles. The Morgan fingerprint density at radius 2 is 2.32 bits per heavy atom. The molecule has 1 amide bonds. The molecule has 1 aliphatic heterocycles. The molecule has 5 nitrogen and oxygen atoms in total. The average Bonchev–Trinajstić information content (AvgIpc) is 2.88. The van der Waals surface area contributed by atoms with E-state index in [9.17, 15) is 9.90 Å². The second-order valence-electron chi connectivity index (χ2n) is 4.97. The summed E-state index contributed by atoms with van der Waals surface area (Å²) in [5.74, 6) is -0.0850. The Kier molecular flexibility index (Phi) is 4.39. The summed E-state index contributed by atoms with van der Waals surface area (Å²) >= 11 is 0. The molecule has 1 aromatic carbocycles. The number of nitrogens with zero attached hydrogens (tertiary/aromatic N) is 1. The predicted molar refractivity (Wildman–Crippen MR) is 75.8 cm³/mol. The van der Waals surface area contributed by atoms with E-state index in [0.29, 0.717) is 11.4 Å². The smallest absolute Gasteiger partial charge is 0.241 e. The highest BCUT2D eigenvalue weighted by molar-refractivity contribution is 5.97. The molecule has 1 aliphatic rings. The van der Waals surface area contributed by atoms with Gasteiger partial charge in [0, 0.05) is 6.04 Å². The van der Waals surface area contributed by atoms with E-state index in [1.54, 1.807) is 12.1 Å². The molecule has 104 valence electrons. The van der Waals surface area contributed by atoms with Crippen molar-refractivity contribution in [3.63, 3.8) is 0 Å². The second-order valence-corrected chi connectivity index (χ2v) is 4.97. The first kappa shape index (κ1) is 13.8. The average molecular weight is 263 g/mol. The number of benzene rings is 1. The number of amides is 1. The highest BCUT2D eigenvalue weighted by Crippen LogP contribution is 2.22. The van der Waals surface area contributed by atoms with Gasteiger partial charge in [-0.3, -0.25) is 9.69 Å². The van der Waals surface area contributed by atoms with Crippen LogP contribution in [0.4, 0.5) is 11.4 Å². The van der Waals surface area contributed by atoms with E-state index in [0.717, 1.165) is 19.4 Å². The van der Waals surface area contributed by atoms with E-state index in [1.807, 2.05) is 19.1 Å². The summed E-state index contributed by atoms with van der Waals surface area (Å²) in [4.78, 5) is 14.3. The van der Waals surface area contributed by atoms with Gasteiger partial charge in [-0.1, -0.05) is 12.1 Å². The molecule has 0 radical (unpaired) electrons. The summed E-state index contributed by atoms with van der Waals surface area (Å²) in [5.41, 5.74) is 7.00. The Morgan fingerprint density at radius 1 is 1.58 bits per heavy atom. The highest BCUT2D eigenvalue weighted by atomic mass is 16.3. The van der Waals surface area contributed by atoms with Crippen LogP contribution in [-0.4, -0.2) is 41.1 Å². The molecule has 2 unspecified atom stereocenters. The number of carbonyl (C=O) groups is 1. The van der Waals surface area contributed by atoms with E-state index in [1.165, 1.54) is 0 Å². The minimum Gasteiger partial charge on any atom is -0.397 e. The molecule has 2 rings (SSSR count). The molecule has 0 bridgehead atoms. The van der Waals surface area contributed by atoms with Crippen LogP contribution in [0.5, 0.6) is 0 Å². The van der Waals surface area contributed by atoms with Crippen molar-refractivity contribution in [1.82, 2.24) is 4.90 Å². The van der Waals surface area contributed by atoms with Crippen LogP contribution in [0, 0.1) is 0 Å². The maximum atomic E-state index is 12.2. The van der Waals surface area contributed by atoms with Crippen LogP contribution in [0.1, 0.15) is 19.8 Å². The number of nitrogens with one attached hydrogen (secondary N) is 1. The Hall–Kier alpha value is -1.59. The van der Waals surface area contributed by atoms with E-state index < -0.39 is 0 Å². The van der Waals surface area contributed by atoms with Crippen LogP contribution >= 0.6 is 0 Å². The lowest BCUT2D eigenvalue weighted by molar-refractivity contribution is -0.121. The zero-order chi connectivity index (χ0) is 13.8. The molecule has 19 heavy (non-hydrogen) atoms. The zero-order valence-corrected chi connectivity index (χ0v) is 11.2. The van der Waals surface area contributed by atoms with Gasteiger partial charge in [-0.15, -0.1) is 0 Å². The number of nitrogen functional groups attached to an aromatic ring is 1. The fourth-order valence-electron chi connectivity index (χ4n) is 2.56. The largest absolute Gasteiger partial charge is 0.397 e. The topological polar surface area (TPSA) is 78.6 Å². The van der Waals surface area contributed by atoms with Gasteiger partial charge in [0.2, 0.25) is 5.91 Å². The molecule has 1 heterocycles. The van der Waals surface area contributed by atoms with E-state index in [4.69, 9.17) is 5.73 Å². The number of para-hydroxylation sites is 2. The van der Waals surface area contributed by atoms with Gasteiger partial charge in [-0.25, -0.2) is 0 Å². The van der Waals surface area contributed by atoms with Crippen molar-refractivity contribution in [2.24, 2.45) is 0 Å². The molecule has 1 saturated heterocycles. The van der Waals surface area contributed by atoms with Crippen LogP contribution in [0.2, 0.25) is 0 Å². The van der Waals surface area contributed by atoms with Crippen molar-refractivity contribution in [1.29, 1.82) is 0 Å².